The summed E-state index contributed by atoms with van der Waals surface area (Å²) in [6, 6.07) is 7.07. The molecule has 144 valence electrons. The van der Waals surface area contributed by atoms with Gasteiger partial charge in [0.05, 0.1) is 12.0 Å². The molecule has 0 aliphatic carbocycles. The summed E-state index contributed by atoms with van der Waals surface area (Å²) in [4.78, 5) is 47.5. The minimum absolute atomic E-state index is 0.0757. The normalized spacial score (nSPS) is 15.3. The van der Waals surface area contributed by atoms with E-state index in [1.54, 1.807) is 6.07 Å². The number of hydrogen-bond acceptors (Lipinski definition) is 8. The van der Waals surface area contributed by atoms with E-state index >= 15 is 0 Å². The van der Waals surface area contributed by atoms with Crippen LogP contribution in [0.25, 0.3) is 17.4 Å². The van der Waals surface area contributed by atoms with Gasteiger partial charge in [0.15, 0.2) is 0 Å². The zero-order valence-electron chi connectivity index (χ0n) is 14.4. The molecule has 1 aliphatic heterocycles. The number of amides is 2. The summed E-state index contributed by atoms with van der Waals surface area (Å²) in [5.41, 5.74) is 0.132. The highest BCUT2D eigenvalue weighted by Gasteiger charge is 2.36. The number of carboxylic acid groups (broad SMARTS) is 1. The fraction of sp³-hybridized carbons (Fsp3) is 0.111. The highest BCUT2D eigenvalue weighted by atomic mass is 32.2. The third-order valence-electron chi connectivity index (χ3n) is 3.80. The second kappa shape index (κ2) is 7.61. The van der Waals surface area contributed by atoms with E-state index in [0.717, 1.165) is 12.0 Å². The molecule has 1 saturated heterocycles. The van der Waals surface area contributed by atoms with Gasteiger partial charge in [-0.2, -0.15) is 0 Å². The van der Waals surface area contributed by atoms with E-state index in [-0.39, 0.29) is 22.0 Å². The van der Waals surface area contributed by atoms with Crippen LogP contribution in [0.2, 0.25) is 0 Å². The minimum Gasteiger partial charge on any atom is -0.507 e. The van der Waals surface area contributed by atoms with Gasteiger partial charge in [0.2, 0.25) is 0 Å². The average molecular weight is 403 g/mol. The van der Waals surface area contributed by atoms with Crippen molar-refractivity contribution in [2.45, 2.75) is 0 Å². The van der Waals surface area contributed by atoms with Gasteiger partial charge in [0.1, 0.15) is 29.4 Å². The van der Waals surface area contributed by atoms with Crippen molar-refractivity contribution in [3.05, 3.63) is 46.6 Å². The van der Waals surface area contributed by atoms with Crippen LogP contribution in [-0.2, 0) is 14.3 Å². The lowest BCUT2D eigenvalue weighted by atomic mass is 10.1. The van der Waals surface area contributed by atoms with Crippen LogP contribution in [0.5, 0.6) is 5.75 Å². The first-order valence-electron chi connectivity index (χ1n) is 7.79. The molecule has 2 aromatic rings. The van der Waals surface area contributed by atoms with E-state index in [2.05, 4.69) is 4.74 Å². The monoisotopic (exact) mass is 403 g/mol. The number of nitrogens with zero attached hydrogens (tertiary/aromatic N) is 1. The van der Waals surface area contributed by atoms with Crippen molar-refractivity contribution in [2.24, 2.45) is 0 Å². The Labute approximate surface area is 162 Å². The number of carbonyl (C=O) groups excluding carboxylic acids is 3. The van der Waals surface area contributed by atoms with Crippen LogP contribution in [0.1, 0.15) is 16.1 Å². The molecule has 0 radical (unpaired) electrons. The number of aromatic hydroxyl groups is 1. The van der Waals surface area contributed by atoms with E-state index in [0.29, 0.717) is 23.1 Å². The molecule has 0 unspecified atom stereocenters. The zero-order valence-corrected chi connectivity index (χ0v) is 15.2. The lowest BCUT2D eigenvalue weighted by molar-refractivity contribution is -0.143. The van der Waals surface area contributed by atoms with Gasteiger partial charge in [-0.05, 0) is 42.1 Å². The quantitative estimate of drug-likeness (QED) is 0.570. The highest BCUT2D eigenvalue weighted by Crippen LogP contribution is 2.33. The summed E-state index contributed by atoms with van der Waals surface area (Å²) in [6.45, 7) is -0.479. The first-order chi connectivity index (χ1) is 13.3. The molecule has 2 amide bonds. The van der Waals surface area contributed by atoms with Crippen LogP contribution in [0.15, 0.2) is 39.7 Å². The van der Waals surface area contributed by atoms with Gasteiger partial charge in [0.25, 0.3) is 11.1 Å². The smallest absolute Gasteiger partial charge is 0.339 e. The molecule has 0 atom stereocenters. The molecule has 0 bridgehead atoms. The number of benzene rings is 1. The molecule has 1 aromatic carbocycles. The van der Waals surface area contributed by atoms with Crippen molar-refractivity contribution < 1.29 is 38.5 Å². The largest absolute Gasteiger partial charge is 0.507 e. The van der Waals surface area contributed by atoms with Gasteiger partial charge in [-0.1, -0.05) is 0 Å². The predicted molar refractivity (Wildman–Crippen MR) is 97.5 cm³/mol. The fourth-order valence-corrected chi connectivity index (χ4v) is 3.22. The number of carboxylic acids is 1. The lowest BCUT2D eigenvalue weighted by Crippen LogP contribution is -2.34. The molecule has 3 rings (SSSR count). The standard InChI is InChI=1S/C18H13NO8S/c1-26-15(21)8-19-16(22)14(28-18(19)25)7-10-3-5-13(27-10)9-2-4-12(20)11(6-9)17(23)24/h2-7,20H,8H2,1H3,(H,23,24)/b14-7-. The molecule has 0 saturated carbocycles. The number of furan rings is 1. The second-order valence-electron chi connectivity index (χ2n) is 5.58. The number of methoxy groups -OCH3 is 1. The maximum atomic E-state index is 12.3. The number of aromatic carboxylic acids is 1. The van der Waals surface area contributed by atoms with Crippen LogP contribution in [0.3, 0.4) is 0 Å². The van der Waals surface area contributed by atoms with Gasteiger partial charge in [-0.15, -0.1) is 0 Å². The SMILES string of the molecule is COC(=O)CN1C(=O)S/C(=C\c2ccc(-c3ccc(O)c(C(=O)O)c3)o2)C1=O. The molecule has 2 N–H and O–H groups in total. The van der Waals surface area contributed by atoms with Crippen molar-refractivity contribution >= 4 is 40.9 Å². The van der Waals surface area contributed by atoms with Gasteiger partial charge in [-0.25, -0.2) is 4.79 Å². The molecule has 28 heavy (non-hydrogen) atoms. The Kier molecular flexibility index (Phi) is 5.23. The van der Waals surface area contributed by atoms with E-state index < -0.39 is 29.6 Å². The summed E-state index contributed by atoms with van der Waals surface area (Å²) in [5, 5.41) is 18.1. The van der Waals surface area contributed by atoms with Gasteiger partial charge < -0.3 is 19.4 Å². The van der Waals surface area contributed by atoms with Crippen LogP contribution in [-0.4, -0.2) is 51.9 Å². The molecule has 0 spiro atoms. The number of esters is 1. The van der Waals surface area contributed by atoms with Gasteiger partial charge in [0, 0.05) is 11.6 Å². The van der Waals surface area contributed by atoms with Crippen LogP contribution in [0.4, 0.5) is 4.79 Å². The Morgan fingerprint density at radius 1 is 1.25 bits per heavy atom. The van der Waals surface area contributed by atoms with E-state index in [9.17, 15) is 24.3 Å². The minimum atomic E-state index is -1.29. The molecular weight excluding hydrogens is 390 g/mol. The highest BCUT2D eigenvalue weighted by molar-refractivity contribution is 8.18. The summed E-state index contributed by atoms with van der Waals surface area (Å²) < 4.78 is 10.0. The molecule has 2 heterocycles. The van der Waals surface area contributed by atoms with E-state index in [4.69, 9.17) is 9.52 Å². The van der Waals surface area contributed by atoms with Crippen molar-refractivity contribution in [1.82, 2.24) is 4.90 Å². The van der Waals surface area contributed by atoms with Crippen LogP contribution >= 0.6 is 11.8 Å². The molecule has 10 heteroatoms. The van der Waals surface area contributed by atoms with Gasteiger partial charge in [-0.3, -0.25) is 19.3 Å². The zero-order chi connectivity index (χ0) is 20.4. The molecule has 1 aromatic heterocycles. The van der Waals surface area contributed by atoms with E-state index in [1.165, 1.54) is 30.3 Å². The Morgan fingerprint density at radius 2 is 2.00 bits per heavy atom. The average Bonchev–Trinajstić information content (AvgIpc) is 3.22. The Morgan fingerprint density at radius 3 is 2.68 bits per heavy atom. The number of rotatable bonds is 5. The molecule has 9 nitrogen and oxygen atoms in total. The predicted octanol–water partition coefficient (Wildman–Crippen LogP) is 2.56. The topological polar surface area (TPSA) is 134 Å². The first kappa shape index (κ1) is 19.2. The maximum absolute atomic E-state index is 12.3. The number of imide groups is 1. The van der Waals surface area contributed by atoms with Crippen LogP contribution in [0, 0.1) is 0 Å². The maximum Gasteiger partial charge on any atom is 0.339 e. The third-order valence-corrected chi connectivity index (χ3v) is 4.71. The molecular formula is C18H13NO8S. The number of thioether (sulfide) groups is 1. The van der Waals surface area contributed by atoms with Crippen molar-refractivity contribution in [3.63, 3.8) is 0 Å². The lowest BCUT2D eigenvalue weighted by Gasteiger charge is -2.09. The second-order valence-corrected chi connectivity index (χ2v) is 6.58. The summed E-state index contributed by atoms with van der Waals surface area (Å²) in [7, 11) is 1.15. The Hall–Kier alpha value is -3.53. The van der Waals surface area contributed by atoms with Crippen molar-refractivity contribution in [3.8, 4) is 17.1 Å². The molecule has 1 aliphatic rings. The first-order valence-corrected chi connectivity index (χ1v) is 8.60. The number of hydrogen-bond donors (Lipinski definition) is 2. The van der Waals surface area contributed by atoms with Crippen molar-refractivity contribution in [2.75, 3.05) is 13.7 Å². The fourth-order valence-electron chi connectivity index (χ4n) is 2.41. The summed E-state index contributed by atoms with van der Waals surface area (Å²) in [6.07, 6.45) is 1.35. The van der Waals surface area contributed by atoms with Gasteiger partial charge >= 0.3 is 11.9 Å². The summed E-state index contributed by atoms with van der Waals surface area (Å²) >= 11 is 0.662. The Bertz CT molecular complexity index is 1020. The number of carbonyl (C=O) groups is 4. The molecule has 1 fully saturated rings. The van der Waals surface area contributed by atoms with Crippen molar-refractivity contribution in [1.29, 1.82) is 0 Å². The van der Waals surface area contributed by atoms with E-state index in [1.807, 2.05) is 0 Å². The van der Waals surface area contributed by atoms with Crippen LogP contribution < -0.4 is 0 Å². The summed E-state index contributed by atoms with van der Waals surface area (Å²) in [5.74, 6) is -2.46. The Balaban J connectivity index is 1.84. The number of ether oxygens (including phenoxy) is 1. The third kappa shape index (κ3) is 3.76. The number of phenols is 1.